The second-order valence-corrected chi connectivity index (χ2v) is 8.12. The van der Waals surface area contributed by atoms with Crippen LogP contribution in [0, 0.1) is 10.1 Å². The Balaban J connectivity index is 1.39. The van der Waals surface area contributed by atoms with Crippen LogP contribution in [-0.4, -0.2) is 15.6 Å². The van der Waals surface area contributed by atoms with E-state index in [-0.39, 0.29) is 5.69 Å². The molecule has 5 rings (SSSR count). The van der Waals surface area contributed by atoms with Gasteiger partial charge in [-0.05, 0) is 53.8 Å². The number of non-ortho nitro benzene ring substituents is 1. The van der Waals surface area contributed by atoms with Crippen molar-refractivity contribution in [3.63, 3.8) is 0 Å². The van der Waals surface area contributed by atoms with Crippen LogP contribution in [0.25, 0.3) is 22.0 Å². The SMILES string of the molecule is C/C(=N\Nc1nc(-c2ccc([N+](=O)[O-])cc2)cs1)c1ccc2c3c(cccc13)CC2. The fourth-order valence-corrected chi connectivity index (χ4v) is 4.63. The van der Waals surface area contributed by atoms with Crippen LogP contribution in [0.4, 0.5) is 10.8 Å². The molecule has 0 spiro atoms. The van der Waals surface area contributed by atoms with E-state index in [0.29, 0.717) is 5.13 Å². The maximum Gasteiger partial charge on any atom is 0.269 e. The molecule has 0 atom stereocenters. The number of hydrazone groups is 1. The van der Waals surface area contributed by atoms with Crippen LogP contribution < -0.4 is 5.43 Å². The fourth-order valence-electron chi connectivity index (χ4n) is 3.97. The molecule has 4 aromatic rings. The lowest BCUT2D eigenvalue weighted by atomic mass is 9.98. The van der Waals surface area contributed by atoms with E-state index in [1.807, 2.05) is 12.3 Å². The third-order valence-electron chi connectivity index (χ3n) is 5.46. The predicted molar refractivity (Wildman–Crippen MR) is 121 cm³/mol. The summed E-state index contributed by atoms with van der Waals surface area (Å²) in [6.07, 6.45) is 2.21. The maximum absolute atomic E-state index is 10.8. The number of anilines is 1. The van der Waals surface area contributed by atoms with Crippen LogP contribution >= 0.6 is 11.3 Å². The van der Waals surface area contributed by atoms with Gasteiger partial charge in [0.1, 0.15) is 0 Å². The molecule has 0 amide bonds. The van der Waals surface area contributed by atoms with E-state index < -0.39 is 4.92 Å². The third-order valence-corrected chi connectivity index (χ3v) is 6.21. The molecule has 1 aromatic heterocycles. The number of nitro benzene ring substituents is 1. The molecule has 7 heteroatoms. The number of hydrogen-bond acceptors (Lipinski definition) is 6. The van der Waals surface area contributed by atoms with Gasteiger partial charge in [-0.3, -0.25) is 15.5 Å². The highest BCUT2D eigenvalue weighted by atomic mass is 32.1. The molecule has 0 saturated heterocycles. The molecule has 1 N–H and O–H groups in total. The van der Waals surface area contributed by atoms with Gasteiger partial charge in [0.05, 0.1) is 16.3 Å². The topological polar surface area (TPSA) is 80.4 Å². The Hall–Kier alpha value is -3.58. The van der Waals surface area contributed by atoms with Gasteiger partial charge >= 0.3 is 0 Å². The van der Waals surface area contributed by atoms with Gasteiger partial charge in [-0.1, -0.05) is 30.3 Å². The Bertz CT molecular complexity index is 1300. The van der Waals surface area contributed by atoms with E-state index >= 15 is 0 Å². The number of rotatable bonds is 5. The lowest BCUT2D eigenvalue weighted by Crippen LogP contribution is -2.01. The van der Waals surface area contributed by atoms with Gasteiger partial charge in [0.2, 0.25) is 5.13 Å². The van der Waals surface area contributed by atoms with E-state index in [9.17, 15) is 10.1 Å². The first kappa shape index (κ1) is 18.4. The summed E-state index contributed by atoms with van der Waals surface area (Å²) < 4.78 is 0. The molecule has 0 unspecified atom stereocenters. The van der Waals surface area contributed by atoms with Gasteiger partial charge in [-0.25, -0.2) is 4.98 Å². The van der Waals surface area contributed by atoms with E-state index in [1.54, 1.807) is 12.1 Å². The zero-order valence-electron chi connectivity index (χ0n) is 16.3. The summed E-state index contributed by atoms with van der Waals surface area (Å²) in [5, 5.41) is 20.6. The van der Waals surface area contributed by atoms with Crippen LogP contribution in [0.5, 0.6) is 0 Å². The van der Waals surface area contributed by atoms with Crippen LogP contribution in [0.2, 0.25) is 0 Å². The number of nitrogens with one attached hydrogen (secondary N) is 1. The van der Waals surface area contributed by atoms with Gasteiger partial charge in [0.25, 0.3) is 5.69 Å². The quantitative estimate of drug-likeness (QED) is 0.254. The zero-order chi connectivity index (χ0) is 20.7. The highest BCUT2D eigenvalue weighted by Crippen LogP contribution is 2.33. The number of aryl methyl sites for hydroxylation is 2. The molecular weight excluding hydrogens is 396 g/mol. The van der Waals surface area contributed by atoms with Crippen LogP contribution in [0.3, 0.4) is 0 Å². The first-order chi connectivity index (χ1) is 14.6. The minimum atomic E-state index is -0.407. The van der Waals surface area contributed by atoms with Crippen molar-refractivity contribution in [2.45, 2.75) is 19.8 Å². The summed E-state index contributed by atoms with van der Waals surface area (Å²) in [6, 6.07) is 17.2. The molecule has 3 aromatic carbocycles. The molecule has 0 saturated carbocycles. The summed E-state index contributed by atoms with van der Waals surface area (Å²) in [4.78, 5) is 15.0. The zero-order valence-corrected chi connectivity index (χ0v) is 17.1. The molecule has 6 nitrogen and oxygen atoms in total. The molecule has 1 aliphatic carbocycles. The van der Waals surface area contributed by atoms with Crippen LogP contribution in [0.1, 0.15) is 23.6 Å². The van der Waals surface area contributed by atoms with Gasteiger partial charge in [0, 0.05) is 28.6 Å². The monoisotopic (exact) mass is 414 g/mol. The van der Waals surface area contributed by atoms with Crippen molar-refractivity contribution in [2.75, 3.05) is 5.43 Å². The molecule has 0 bridgehead atoms. The number of aromatic nitrogens is 1. The number of hydrogen-bond donors (Lipinski definition) is 1. The summed E-state index contributed by atoms with van der Waals surface area (Å²) in [5.74, 6) is 0. The highest BCUT2D eigenvalue weighted by molar-refractivity contribution is 7.14. The summed E-state index contributed by atoms with van der Waals surface area (Å²) >= 11 is 1.45. The highest BCUT2D eigenvalue weighted by Gasteiger charge is 2.16. The van der Waals surface area contributed by atoms with Crippen molar-refractivity contribution in [3.05, 3.63) is 86.8 Å². The van der Waals surface area contributed by atoms with Crippen LogP contribution in [-0.2, 0) is 12.8 Å². The van der Waals surface area contributed by atoms with E-state index in [4.69, 9.17) is 0 Å². The fraction of sp³-hybridized carbons (Fsp3) is 0.130. The first-order valence-corrected chi connectivity index (χ1v) is 10.5. The van der Waals surface area contributed by atoms with E-state index in [1.165, 1.54) is 45.4 Å². The van der Waals surface area contributed by atoms with Crippen molar-refractivity contribution in [1.29, 1.82) is 0 Å². The number of nitro groups is 1. The minimum Gasteiger partial charge on any atom is -0.258 e. The van der Waals surface area contributed by atoms with Gasteiger partial charge < -0.3 is 0 Å². The van der Waals surface area contributed by atoms with Gasteiger partial charge in [0.15, 0.2) is 0 Å². The van der Waals surface area contributed by atoms with Crippen LogP contribution in [0.15, 0.2) is 65.1 Å². The van der Waals surface area contributed by atoms with Gasteiger partial charge in [-0.2, -0.15) is 5.10 Å². The van der Waals surface area contributed by atoms with Crippen molar-refractivity contribution >= 4 is 38.6 Å². The standard InChI is InChI=1S/C23H18N4O2S/c1-14(19-12-9-17-6-5-16-3-2-4-20(19)22(16)17)25-26-23-24-21(13-30-23)15-7-10-18(11-8-15)27(28)29/h2-4,7-13H,5-6H2,1H3,(H,24,26)/b25-14+. The molecule has 148 valence electrons. The molecule has 0 fully saturated rings. The third kappa shape index (κ3) is 3.23. The predicted octanol–water partition coefficient (Wildman–Crippen LogP) is 5.81. The molecule has 1 heterocycles. The molecule has 0 aliphatic heterocycles. The largest absolute Gasteiger partial charge is 0.269 e. The maximum atomic E-state index is 10.8. The Labute approximate surface area is 177 Å². The second kappa shape index (κ2) is 7.35. The minimum absolute atomic E-state index is 0.0675. The first-order valence-electron chi connectivity index (χ1n) is 9.64. The summed E-state index contributed by atoms with van der Waals surface area (Å²) in [7, 11) is 0. The summed E-state index contributed by atoms with van der Waals surface area (Å²) in [5.41, 5.74) is 9.57. The number of thiazole rings is 1. The Kier molecular flexibility index (Phi) is 4.52. The van der Waals surface area contributed by atoms with Gasteiger partial charge in [-0.15, -0.1) is 11.3 Å². The average Bonchev–Trinajstić information content (AvgIpc) is 3.41. The van der Waals surface area contributed by atoms with Crippen molar-refractivity contribution in [1.82, 2.24) is 4.98 Å². The lowest BCUT2D eigenvalue weighted by molar-refractivity contribution is -0.384. The molecule has 30 heavy (non-hydrogen) atoms. The molecular formula is C23H18N4O2S. The number of nitrogens with zero attached hydrogens (tertiary/aromatic N) is 3. The van der Waals surface area contributed by atoms with Crippen molar-refractivity contribution in [2.24, 2.45) is 5.10 Å². The van der Waals surface area contributed by atoms with Crippen molar-refractivity contribution < 1.29 is 4.92 Å². The smallest absolute Gasteiger partial charge is 0.258 e. The number of benzene rings is 3. The average molecular weight is 414 g/mol. The Morgan fingerprint density at radius 3 is 2.63 bits per heavy atom. The molecule has 1 aliphatic rings. The summed E-state index contributed by atoms with van der Waals surface area (Å²) in [6.45, 7) is 2.00. The van der Waals surface area contributed by atoms with E-state index in [0.717, 1.165) is 35.4 Å². The molecule has 0 radical (unpaired) electrons. The van der Waals surface area contributed by atoms with Crippen molar-refractivity contribution in [3.8, 4) is 11.3 Å². The van der Waals surface area contributed by atoms with E-state index in [2.05, 4.69) is 45.8 Å². The normalized spacial score (nSPS) is 13.0. The second-order valence-electron chi connectivity index (χ2n) is 7.26. The Morgan fingerprint density at radius 1 is 1.10 bits per heavy atom. The lowest BCUT2D eigenvalue weighted by Gasteiger charge is -2.09. The Morgan fingerprint density at radius 2 is 1.87 bits per heavy atom.